The second-order valence-electron chi connectivity index (χ2n) is 7.02. The molecule has 0 radical (unpaired) electrons. The van der Waals surface area contributed by atoms with Crippen LogP contribution < -0.4 is 0 Å². The molecule has 3 fully saturated rings. The maximum atomic E-state index is 2.55. The van der Waals surface area contributed by atoms with Crippen LogP contribution in [0.1, 0.15) is 25.7 Å². The van der Waals surface area contributed by atoms with E-state index < -0.39 is 0 Å². The number of rotatable bonds is 0. The standard InChI is InChI=1S/C18H20/c1-3-7-14-12(5-1)9-16-15-8-4-2-6-13(15)10-18(16)11-17(14)18/h1-2,4-8,12-13,15-17H,3,9-11H2. The lowest BCUT2D eigenvalue weighted by Crippen LogP contribution is -2.28. The topological polar surface area (TPSA) is 0 Å². The Bertz CT molecular complexity index is 518. The lowest BCUT2D eigenvalue weighted by Gasteiger charge is -2.36. The number of hydrogen-bond acceptors (Lipinski definition) is 0. The molecule has 18 heavy (non-hydrogen) atoms. The predicted molar refractivity (Wildman–Crippen MR) is 73.9 cm³/mol. The summed E-state index contributed by atoms with van der Waals surface area (Å²) in [5.41, 5.74) is 2.54. The fraction of sp³-hybridized carbons (Fsp3) is 0.556. The van der Waals surface area contributed by atoms with Crippen LogP contribution in [0.25, 0.3) is 0 Å². The Morgan fingerprint density at radius 2 is 2.00 bits per heavy atom. The fourth-order valence-electron chi connectivity index (χ4n) is 5.68. The summed E-state index contributed by atoms with van der Waals surface area (Å²) < 4.78 is 0. The van der Waals surface area contributed by atoms with E-state index in [0.717, 1.165) is 35.0 Å². The van der Waals surface area contributed by atoms with Crippen LogP contribution in [0.4, 0.5) is 0 Å². The Hall–Kier alpha value is -1.04. The van der Waals surface area contributed by atoms with E-state index in [2.05, 4.69) is 42.5 Å². The van der Waals surface area contributed by atoms with Crippen molar-refractivity contribution in [2.75, 3.05) is 0 Å². The van der Waals surface area contributed by atoms with Gasteiger partial charge in [0.05, 0.1) is 0 Å². The summed E-state index contributed by atoms with van der Waals surface area (Å²) in [6, 6.07) is 0. The molecule has 5 rings (SSSR count). The molecule has 3 saturated carbocycles. The van der Waals surface area contributed by atoms with E-state index in [4.69, 9.17) is 0 Å². The maximum Gasteiger partial charge on any atom is -0.00170 e. The summed E-state index contributed by atoms with van der Waals surface area (Å²) in [5, 5.41) is 0. The Morgan fingerprint density at radius 1 is 1.06 bits per heavy atom. The molecule has 0 heteroatoms. The Balaban J connectivity index is 1.57. The second kappa shape index (κ2) is 3.10. The van der Waals surface area contributed by atoms with Gasteiger partial charge in [0.15, 0.2) is 0 Å². The molecule has 0 aromatic carbocycles. The molecule has 0 saturated heterocycles. The van der Waals surface area contributed by atoms with Crippen LogP contribution in [0.15, 0.2) is 48.1 Å². The summed E-state index contributed by atoms with van der Waals surface area (Å²) >= 11 is 0. The number of allylic oxidation sites excluding steroid dienone is 8. The van der Waals surface area contributed by atoms with E-state index in [0.29, 0.717) is 0 Å². The van der Waals surface area contributed by atoms with Gasteiger partial charge in [-0.2, -0.15) is 0 Å². The molecule has 1 spiro atoms. The molecular formula is C18H20. The van der Waals surface area contributed by atoms with Gasteiger partial charge in [0.2, 0.25) is 0 Å². The van der Waals surface area contributed by atoms with Crippen molar-refractivity contribution in [2.24, 2.45) is 35.0 Å². The van der Waals surface area contributed by atoms with Crippen molar-refractivity contribution in [3.05, 3.63) is 48.1 Å². The molecule has 0 aromatic rings. The smallest absolute Gasteiger partial charge is 0.00170 e. The van der Waals surface area contributed by atoms with Gasteiger partial charge in [-0.3, -0.25) is 0 Å². The first-order chi connectivity index (χ1) is 8.88. The Kier molecular flexibility index (Phi) is 1.69. The zero-order valence-electron chi connectivity index (χ0n) is 10.8. The van der Waals surface area contributed by atoms with Crippen molar-refractivity contribution in [2.45, 2.75) is 25.7 Å². The summed E-state index contributed by atoms with van der Waals surface area (Å²) in [5.74, 6) is 4.44. The molecule has 0 bridgehead atoms. The van der Waals surface area contributed by atoms with Crippen LogP contribution in [0.5, 0.6) is 0 Å². The zero-order valence-corrected chi connectivity index (χ0v) is 10.8. The minimum Gasteiger partial charge on any atom is -0.0841 e. The number of hydrogen-bond donors (Lipinski definition) is 0. The van der Waals surface area contributed by atoms with Gasteiger partial charge in [-0.05, 0) is 60.7 Å². The third kappa shape index (κ3) is 1.04. The van der Waals surface area contributed by atoms with Gasteiger partial charge in [0.25, 0.3) is 0 Å². The van der Waals surface area contributed by atoms with Crippen LogP contribution in [0.3, 0.4) is 0 Å². The average Bonchev–Trinajstić information content (AvgIpc) is 3.05. The van der Waals surface area contributed by atoms with Crippen molar-refractivity contribution < 1.29 is 0 Å². The van der Waals surface area contributed by atoms with Gasteiger partial charge in [-0.1, -0.05) is 48.1 Å². The molecule has 0 amide bonds. The molecule has 0 nitrogen and oxygen atoms in total. The molecule has 0 N–H and O–H groups in total. The normalized spacial score (nSPS) is 54.2. The lowest BCUT2D eigenvalue weighted by atomic mass is 9.68. The van der Waals surface area contributed by atoms with Crippen LogP contribution in [-0.2, 0) is 0 Å². The molecule has 6 unspecified atom stereocenters. The third-order valence-electron chi connectivity index (χ3n) is 6.43. The van der Waals surface area contributed by atoms with Crippen molar-refractivity contribution >= 4 is 0 Å². The fourth-order valence-corrected chi connectivity index (χ4v) is 5.68. The molecular weight excluding hydrogens is 216 g/mol. The highest BCUT2D eigenvalue weighted by atomic mass is 14.7. The van der Waals surface area contributed by atoms with Gasteiger partial charge in [-0.25, -0.2) is 0 Å². The maximum absolute atomic E-state index is 2.55. The molecule has 6 atom stereocenters. The van der Waals surface area contributed by atoms with Gasteiger partial charge in [-0.15, -0.1) is 0 Å². The molecule has 92 valence electrons. The number of fused-ring (bicyclic) bond motifs is 4. The highest BCUT2D eigenvalue weighted by Gasteiger charge is 2.68. The quantitative estimate of drug-likeness (QED) is 0.551. The van der Waals surface area contributed by atoms with Crippen molar-refractivity contribution in [3.8, 4) is 0 Å². The summed E-state index contributed by atoms with van der Waals surface area (Å²) in [6.45, 7) is 0. The summed E-state index contributed by atoms with van der Waals surface area (Å²) in [7, 11) is 0. The largest absolute Gasteiger partial charge is 0.0841 e. The lowest BCUT2D eigenvalue weighted by molar-refractivity contribution is 0.234. The third-order valence-corrected chi connectivity index (χ3v) is 6.43. The van der Waals surface area contributed by atoms with E-state index in [1.165, 1.54) is 25.7 Å². The molecule has 0 heterocycles. The van der Waals surface area contributed by atoms with E-state index in [1.54, 1.807) is 0 Å². The highest BCUT2D eigenvalue weighted by Crippen LogP contribution is 2.76. The molecule has 5 aliphatic carbocycles. The molecule has 5 aliphatic rings. The van der Waals surface area contributed by atoms with E-state index >= 15 is 0 Å². The first-order valence-corrected chi connectivity index (χ1v) is 7.60. The van der Waals surface area contributed by atoms with Crippen LogP contribution in [0.2, 0.25) is 0 Å². The Labute approximate surface area is 109 Å². The summed E-state index contributed by atoms with van der Waals surface area (Å²) in [4.78, 5) is 0. The van der Waals surface area contributed by atoms with Crippen LogP contribution >= 0.6 is 0 Å². The minimum atomic E-state index is 0.724. The first kappa shape index (κ1) is 9.83. The summed E-state index contributed by atoms with van der Waals surface area (Å²) in [6.07, 6.45) is 22.6. The minimum absolute atomic E-state index is 0.724. The van der Waals surface area contributed by atoms with Gasteiger partial charge < -0.3 is 0 Å². The van der Waals surface area contributed by atoms with Gasteiger partial charge >= 0.3 is 0 Å². The van der Waals surface area contributed by atoms with Crippen molar-refractivity contribution in [3.63, 3.8) is 0 Å². The zero-order chi connectivity index (χ0) is 11.7. The van der Waals surface area contributed by atoms with Crippen LogP contribution in [-0.4, -0.2) is 0 Å². The molecule has 0 aliphatic heterocycles. The first-order valence-electron chi connectivity index (χ1n) is 7.60. The Morgan fingerprint density at radius 3 is 3.00 bits per heavy atom. The van der Waals surface area contributed by atoms with E-state index in [9.17, 15) is 0 Å². The SMILES string of the molecule is C1=CC2CC34CC3C3=CCC=CC3CC4C2C=C1. The second-order valence-corrected chi connectivity index (χ2v) is 7.02. The molecule has 0 aromatic heterocycles. The van der Waals surface area contributed by atoms with Crippen LogP contribution in [0, 0.1) is 35.0 Å². The highest BCUT2D eigenvalue weighted by molar-refractivity contribution is 5.38. The monoisotopic (exact) mass is 236 g/mol. The van der Waals surface area contributed by atoms with Crippen molar-refractivity contribution in [1.82, 2.24) is 0 Å². The van der Waals surface area contributed by atoms with Gasteiger partial charge in [0.1, 0.15) is 0 Å². The van der Waals surface area contributed by atoms with Gasteiger partial charge in [0, 0.05) is 0 Å². The van der Waals surface area contributed by atoms with E-state index in [-0.39, 0.29) is 0 Å². The predicted octanol–water partition coefficient (Wildman–Crippen LogP) is 4.28. The van der Waals surface area contributed by atoms with E-state index in [1.807, 2.05) is 5.57 Å². The van der Waals surface area contributed by atoms with Crippen molar-refractivity contribution in [1.29, 1.82) is 0 Å². The average molecular weight is 236 g/mol.